The Morgan fingerprint density at radius 3 is 2.32 bits per heavy atom. The molecule has 0 aromatic heterocycles. The molecular formula is C12H18N2O4S. The zero-order valence-corrected chi connectivity index (χ0v) is 12.1. The van der Waals surface area contributed by atoms with Gasteiger partial charge in [0.15, 0.2) is 0 Å². The lowest BCUT2D eigenvalue weighted by atomic mass is 10.1. The minimum Gasteiger partial charge on any atom is -0.478 e. The highest BCUT2D eigenvalue weighted by Crippen LogP contribution is 2.20. The fourth-order valence-electron chi connectivity index (χ4n) is 1.61. The van der Waals surface area contributed by atoms with E-state index in [-0.39, 0.29) is 11.3 Å². The fourth-order valence-corrected chi connectivity index (χ4v) is 2.93. The van der Waals surface area contributed by atoms with Gasteiger partial charge in [-0.25, -0.2) is 4.79 Å². The lowest BCUT2D eigenvalue weighted by Gasteiger charge is -2.21. The third-order valence-corrected chi connectivity index (χ3v) is 3.54. The normalized spacial score (nSPS) is 12.2. The van der Waals surface area contributed by atoms with Gasteiger partial charge >= 0.3 is 5.97 Å². The maximum atomic E-state index is 11.9. The van der Waals surface area contributed by atoms with E-state index in [1.807, 2.05) is 0 Å². The molecule has 19 heavy (non-hydrogen) atoms. The van der Waals surface area contributed by atoms with Crippen LogP contribution in [0.2, 0.25) is 0 Å². The predicted molar refractivity (Wildman–Crippen MR) is 73.6 cm³/mol. The standard InChI is InChI=1S/C12H18N2O4S/c1-8-6-5-7-9(10(8)11(15)16)13-19(17,18)14-12(2,3)4/h5-7,13-14H,1-4H3,(H,15,16). The first kappa shape index (κ1) is 15.5. The van der Waals surface area contributed by atoms with E-state index in [2.05, 4.69) is 9.44 Å². The molecule has 0 heterocycles. The molecule has 0 aliphatic carbocycles. The third-order valence-electron chi connectivity index (χ3n) is 2.17. The van der Waals surface area contributed by atoms with E-state index in [1.165, 1.54) is 6.07 Å². The average molecular weight is 286 g/mol. The minimum absolute atomic E-state index is 0.0456. The van der Waals surface area contributed by atoms with E-state index in [4.69, 9.17) is 5.11 Å². The summed E-state index contributed by atoms with van der Waals surface area (Å²) in [6.07, 6.45) is 0. The summed E-state index contributed by atoms with van der Waals surface area (Å²) in [6, 6.07) is 4.62. The first-order valence-electron chi connectivity index (χ1n) is 5.66. The highest BCUT2D eigenvalue weighted by molar-refractivity contribution is 7.90. The van der Waals surface area contributed by atoms with Crippen molar-refractivity contribution in [2.75, 3.05) is 4.72 Å². The Labute approximate surface area is 113 Å². The van der Waals surface area contributed by atoms with Gasteiger partial charge in [0.1, 0.15) is 0 Å². The highest BCUT2D eigenvalue weighted by Gasteiger charge is 2.22. The summed E-state index contributed by atoms with van der Waals surface area (Å²) in [4.78, 5) is 11.2. The molecule has 1 aromatic rings. The van der Waals surface area contributed by atoms with E-state index in [0.717, 1.165) is 0 Å². The Morgan fingerprint density at radius 1 is 1.26 bits per heavy atom. The van der Waals surface area contributed by atoms with Gasteiger partial charge in [0.2, 0.25) is 0 Å². The van der Waals surface area contributed by atoms with Crippen LogP contribution in [0.15, 0.2) is 18.2 Å². The molecular weight excluding hydrogens is 268 g/mol. The molecule has 0 aliphatic rings. The second-order valence-electron chi connectivity index (χ2n) is 5.26. The largest absolute Gasteiger partial charge is 0.478 e. The third kappa shape index (κ3) is 4.53. The highest BCUT2D eigenvalue weighted by atomic mass is 32.2. The van der Waals surface area contributed by atoms with Crippen LogP contribution in [0, 0.1) is 6.92 Å². The van der Waals surface area contributed by atoms with Gasteiger partial charge < -0.3 is 5.11 Å². The lowest BCUT2D eigenvalue weighted by molar-refractivity contribution is 0.0697. The summed E-state index contributed by atoms with van der Waals surface area (Å²) < 4.78 is 28.4. The Morgan fingerprint density at radius 2 is 1.84 bits per heavy atom. The van der Waals surface area contributed by atoms with Gasteiger partial charge in [-0.15, -0.1) is 0 Å². The second kappa shape index (κ2) is 5.18. The number of hydrogen-bond acceptors (Lipinski definition) is 3. The quantitative estimate of drug-likeness (QED) is 0.785. The van der Waals surface area contributed by atoms with Gasteiger partial charge in [-0.2, -0.15) is 13.1 Å². The van der Waals surface area contributed by atoms with Crippen LogP contribution in [0.3, 0.4) is 0 Å². The van der Waals surface area contributed by atoms with Gasteiger partial charge in [0.25, 0.3) is 10.2 Å². The van der Waals surface area contributed by atoms with E-state index in [0.29, 0.717) is 5.56 Å². The van der Waals surface area contributed by atoms with Crippen LogP contribution in [-0.4, -0.2) is 25.0 Å². The number of anilines is 1. The maximum Gasteiger partial charge on any atom is 0.338 e. The smallest absolute Gasteiger partial charge is 0.338 e. The molecule has 7 heteroatoms. The van der Waals surface area contributed by atoms with Gasteiger partial charge in [-0.05, 0) is 39.3 Å². The number of aromatic carboxylic acids is 1. The summed E-state index contributed by atoms with van der Waals surface area (Å²) in [7, 11) is -3.83. The Balaban J connectivity index is 3.14. The number of hydrogen-bond donors (Lipinski definition) is 3. The maximum absolute atomic E-state index is 11.9. The van der Waals surface area contributed by atoms with E-state index in [1.54, 1.807) is 39.8 Å². The Bertz CT molecular complexity index is 588. The topological polar surface area (TPSA) is 95.5 Å². The zero-order valence-electron chi connectivity index (χ0n) is 11.3. The van der Waals surface area contributed by atoms with Crippen molar-refractivity contribution in [1.29, 1.82) is 0 Å². The zero-order chi connectivity index (χ0) is 14.8. The number of carbonyl (C=O) groups is 1. The summed E-state index contributed by atoms with van der Waals surface area (Å²) >= 11 is 0. The van der Waals surface area contributed by atoms with Crippen LogP contribution in [0.5, 0.6) is 0 Å². The average Bonchev–Trinajstić information content (AvgIpc) is 2.11. The summed E-state index contributed by atoms with van der Waals surface area (Å²) in [6.45, 7) is 6.69. The van der Waals surface area contributed by atoms with Crippen molar-refractivity contribution in [2.24, 2.45) is 0 Å². The second-order valence-corrected chi connectivity index (χ2v) is 6.68. The van der Waals surface area contributed by atoms with E-state index >= 15 is 0 Å². The van der Waals surface area contributed by atoms with Crippen LogP contribution in [0.4, 0.5) is 5.69 Å². The van der Waals surface area contributed by atoms with Crippen LogP contribution < -0.4 is 9.44 Å². The summed E-state index contributed by atoms with van der Waals surface area (Å²) in [5.41, 5.74) is -0.173. The van der Waals surface area contributed by atoms with Crippen molar-refractivity contribution in [3.05, 3.63) is 29.3 Å². The van der Waals surface area contributed by atoms with Gasteiger partial charge in [-0.1, -0.05) is 12.1 Å². The van der Waals surface area contributed by atoms with E-state index in [9.17, 15) is 13.2 Å². The number of benzene rings is 1. The molecule has 0 bridgehead atoms. The minimum atomic E-state index is -3.83. The van der Waals surface area contributed by atoms with Crippen LogP contribution in [0.25, 0.3) is 0 Å². The number of carboxylic acid groups (broad SMARTS) is 1. The van der Waals surface area contributed by atoms with Crippen LogP contribution in [0.1, 0.15) is 36.7 Å². The first-order chi connectivity index (χ1) is 8.52. The first-order valence-corrected chi connectivity index (χ1v) is 7.15. The molecule has 0 radical (unpaired) electrons. The Hall–Kier alpha value is -1.60. The van der Waals surface area contributed by atoms with Crippen molar-refractivity contribution < 1.29 is 18.3 Å². The molecule has 106 valence electrons. The van der Waals surface area contributed by atoms with Gasteiger partial charge in [0.05, 0.1) is 11.3 Å². The van der Waals surface area contributed by atoms with Gasteiger partial charge in [0, 0.05) is 5.54 Å². The van der Waals surface area contributed by atoms with Crippen LogP contribution >= 0.6 is 0 Å². The molecule has 0 spiro atoms. The molecule has 3 N–H and O–H groups in total. The predicted octanol–water partition coefficient (Wildman–Crippen LogP) is 1.74. The summed E-state index contributed by atoms with van der Waals surface area (Å²) in [5.74, 6) is -1.17. The number of nitrogens with one attached hydrogen (secondary N) is 2. The molecule has 0 saturated heterocycles. The summed E-state index contributed by atoms with van der Waals surface area (Å²) in [5, 5.41) is 9.12. The molecule has 0 amide bonds. The molecule has 0 saturated carbocycles. The molecule has 0 fully saturated rings. The SMILES string of the molecule is Cc1cccc(NS(=O)(=O)NC(C)(C)C)c1C(=O)O. The Kier molecular flexibility index (Phi) is 4.21. The van der Waals surface area contributed by atoms with Crippen LogP contribution in [-0.2, 0) is 10.2 Å². The molecule has 0 aliphatic heterocycles. The molecule has 0 unspecified atom stereocenters. The fraction of sp³-hybridized carbons (Fsp3) is 0.417. The van der Waals surface area contributed by atoms with Crippen molar-refractivity contribution in [1.82, 2.24) is 4.72 Å². The lowest BCUT2D eigenvalue weighted by Crippen LogP contribution is -2.43. The van der Waals surface area contributed by atoms with Crippen molar-refractivity contribution in [2.45, 2.75) is 33.2 Å². The molecule has 1 aromatic carbocycles. The number of aryl methyl sites for hydroxylation is 1. The monoisotopic (exact) mass is 286 g/mol. The molecule has 6 nitrogen and oxygen atoms in total. The molecule has 1 rings (SSSR count). The van der Waals surface area contributed by atoms with Crippen molar-refractivity contribution in [3.63, 3.8) is 0 Å². The molecule has 0 atom stereocenters. The van der Waals surface area contributed by atoms with Gasteiger partial charge in [-0.3, -0.25) is 4.72 Å². The number of carboxylic acids is 1. The van der Waals surface area contributed by atoms with E-state index < -0.39 is 21.7 Å². The van der Waals surface area contributed by atoms with Crippen molar-refractivity contribution in [3.8, 4) is 0 Å². The van der Waals surface area contributed by atoms with Crippen molar-refractivity contribution >= 4 is 21.9 Å². The number of rotatable bonds is 4.